The first-order chi connectivity index (χ1) is 10.9. The Morgan fingerprint density at radius 3 is 1.39 bits per heavy atom. The highest BCUT2D eigenvalue weighted by Gasteiger charge is 2.06. The SMILES string of the molecule is CCCCCCCCCCCC.Cc1ccc(S(=O)(=O)O)cc1. The van der Waals surface area contributed by atoms with E-state index in [0.29, 0.717) is 0 Å². The van der Waals surface area contributed by atoms with Crippen molar-refractivity contribution < 1.29 is 13.0 Å². The predicted molar refractivity (Wildman–Crippen MR) is 98.5 cm³/mol. The Kier molecular flexibility index (Phi) is 13.0. The minimum absolute atomic E-state index is 0.0666. The first-order valence-electron chi connectivity index (χ1n) is 8.96. The van der Waals surface area contributed by atoms with Gasteiger partial charge in [0, 0.05) is 0 Å². The lowest BCUT2D eigenvalue weighted by molar-refractivity contribution is 0.483. The standard InChI is InChI=1S/C12H26.C7H8O3S/c1-3-5-7-9-11-12-10-8-6-4-2;1-6-2-4-7(5-3-6)11(8,9)10/h3-12H2,1-2H3;2-5H,1H3,(H,8,9,10). The van der Waals surface area contributed by atoms with Crippen molar-refractivity contribution in [3.8, 4) is 0 Å². The van der Waals surface area contributed by atoms with Crippen LogP contribution in [0, 0.1) is 6.92 Å². The van der Waals surface area contributed by atoms with Gasteiger partial charge in [0.05, 0.1) is 4.90 Å². The van der Waals surface area contributed by atoms with Crippen LogP contribution in [0.1, 0.15) is 83.6 Å². The van der Waals surface area contributed by atoms with Crippen LogP contribution in [0.2, 0.25) is 0 Å². The second-order valence-corrected chi connectivity index (χ2v) is 7.54. The van der Waals surface area contributed by atoms with Gasteiger partial charge >= 0.3 is 0 Å². The maximum atomic E-state index is 10.5. The summed E-state index contributed by atoms with van der Waals surface area (Å²) in [5.74, 6) is 0. The van der Waals surface area contributed by atoms with E-state index in [9.17, 15) is 8.42 Å². The van der Waals surface area contributed by atoms with Gasteiger partial charge in [0.2, 0.25) is 0 Å². The summed E-state index contributed by atoms with van der Waals surface area (Å²) in [6, 6.07) is 5.99. The average molecular weight is 343 g/mol. The van der Waals surface area contributed by atoms with Crippen molar-refractivity contribution in [2.75, 3.05) is 0 Å². The maximum Gasteiger partial charge on any atom is 0.294 e. The molecule has 0 radical (unpaired) electrons. The number of hydrogen-bond acceptors (Lipinski definition) is 2. The summed E-state index contributed by atoms with van der Waals surface area (Å²) in [5.41, 5.74) is 0.956. The van der Waals surface area contributed by atoms with Crippen LogP contribution in [0.25, 0.3) is 0 Å². The van der Waals surface area contributed by atoms with Gasteiger partial charge < -0.3 is 0 Å². The van der Waals surface area contributed by atoms with Crippen LogP contribution in [0.5, 0.6) is 0 Å². The van der Waals surface area contributed by atoms with E-state index in [1.165, 1.54) is 76.3 Å². The summed E-state index contributed by atoms with van der Waals surface area (Å²) in [6.07, 6.45) is 14.4. The number of aryl methyl sites for hydroxylation is 1. The van der Waals surface area contributed by atoms with Gasteiger partial charge in [-0.1, -0.05) is 95.8 Å². The highest BCUT2D eigenvalue weighted by Crippen LogP contribution is 2.10. The smallest absolute Gasteiger partial charge is 0.282 e. The van der Waals surface area contributed by atoms with Gasteiger partial charge in [-0.05, 0) is 19.1 Å². The predicted octanol–water partition coefficient (Wildman–Crippen LogP) is 6.17. The van der Waals surface area contributed by atoms with Gasteiger partial charge in [-0.2, -0.15) is 8.42 Å². The van der Waals surface area contributed by atoms with Crippen molar-refractivity contribution in [1.82, 2.24) is 0 Å². The molecule has 0 atom stereocenters. The zero-order valence-electron chi connectivity index (χ0n) is 15.1. The van der Waals surface area contributed by atoms with E-state index in [4.69, 9.17) is 4.55 Å². The fourth-order valence-corrected chi connectivity index (χ4v) is 2.75. The van der Waals surface area contributed by atoms with E-state index < -0.39 is 10.1 Å². The maximum absolute atomic E-state index is 10.5. The Labute approximate surface area is 143 Å². The van der Waals surface area contributed by atoms with Gasteiger partial charge in [0.15, 0.2) is 0 Å². The molecule has 23 heavy (non-hydrogen) atoms. The fourth-order valence-electron chi connectivity index (χ4n) is 2.27. The number of rotatable bonds is 10. The summed E-state index contributed by atoms with van der Waals surface area (Å²) in [4.78, 5) is -0.0666. The number of benzene rings is 1. The second kappa shape index (κ2) is 13.6. The summed E-state index contributed by atoms with van der Waals surface area (Å²) >= 11 is 0. The van der Waals surface area contributed by atoms with E-state index in [1.807, 2.05) is 6.92 Å². The topological polar surface area (TPSA) is 54.4 Å². The molecule has 0 aliphatic rings. The lowest BCUT2D eigenvalue weighted by Crippen LogP contribution is -1.96. The van der Waals surface area contributed by atoms with E-state index in [-0.39, 0.29) is 4.90 Å². The highest BCUT2D eigenvalue weighted by atomic mass is 32.2. The molecule has 1 N–H and O–H groups in total. The molecule has 0 aliphatic heterocycles. The van der Waals surface area contributed by atoms with Crippen LogP contribution in [-0.4, -0.2) is 13.0 Å². The van der Waals surface area contributed by atoms with Crippen LogP contribution >= 0.6 is 0 Å². The zero-order chi connectivity index (χ0) is 17.6. The second-order valence-electron chi connectivity index (χ2n) is 6.12. The van der Waals surface area contributed by atoms with Crippen LogP contribution in [-0.2, 0) is 10.1 Å². The third kappa shape index (κ3) is 13.3. The average Bonchev–Trinajstić information content (AvgIpc) is 2.50. The minimum Gasteiger partial charge on any atom is -0.282 e. The van der Waals surface area contributed by atoms with Gasteiger partial charge in [-0.15, -0.1) is 0 Å². The molecule has 3 nitrogen and oxygen atoms in total. The molecule has 0 bridgehead atoms. The van der Waals surface area contributed by atoms with E-state index in [2.05, 4.69) is 13.8 Å². The Bertz CT molecular complexity index is 468. The molecule has 134 valence electrons. The third-order valence-corrected chi connectivity index (χ3v) is 4.64. The van der Waals surface area contributed by atoms with Gasteiger partial charge in [0.25, 0.3) is 10.1 Å². The van der Waals surface area contributed by atoms with Crippen molar-refractivity contribution in [3.05, 3.63) is 29.8 Å². The summed E-state index contributed by atoms with van der Waals surface area (Å²) in [7, 11) is -4.02. The van der Waals surface area contributed by atoms with Gasteiger partial charge in [-0.25, -0.2) is 0 Å². The molecule has 0 heterocycles. The summed E-state index contributed by atoms with van der Waals surface area (Å²) < 4.78 is 29.6. The number of hydrogen-bond donors (Lipinski definition) is 1. The lowest BCUT2D eigenvalue weighted by atomic mass is 10.1. The van der Waals surface area contributed by atoms with Crippen molar-refractivity contribution >= 4 is 10.1 Å². The first kappa shape index (κ1) is 22.1. The minimum atomic E-state index is -4.02. The summed E-state index contributed by atoms with van der Waals surface area (Å²) in [6.45, 7) is 6.40. The third-order valence-electron chi connectivity index (χ3n) is 3.78. The monoisotopic (exact) mass is 342 g/mol. The van der Waals surface area contributed by atoms with Crippen molar-refractivity contribution in [2.45, 2.75) is 89.9 Å². The van der Waals surface area contributed by atoms with Gasteiger partial charge in [0.1, 0.15) is 0 Å². The molecule has 0 aliphatic carbocycles. The van der Waals surface area contributed by atoms with Crippen molar-refractivity contribution in [2.24, 2.45) is 0 Å². The lowest BCUT2D eigenvalue weighted by Gasteiger charge is -1.99. The van der Waals surface area contributed by atoms with Crippen molar-refractivity contribution in [3.63, 3.8) is 0 Å². The Morgan fingerprint density at radius 1 is 0.739 bits per heavy atom. The van der Waals surface area contributed by atoms with Gasteiger partial charge in [-0.3, -0.25) is 4.55 Å². The Morgan fingerprint density at radius 2 is 1.09 bits per heavy atom. The molecule has 0 saturated carbocycles. The van der Waals surface area contributed by atoms with Crippen molar-refractivity contribution in [1.29, 1.82) is 0 Å². The molecule has 0 amide bonds. The van der Waals surface area contributed by atoms with Crippen LogP contribution in [0.4, 0.5) is 0 Å². The molecule has 0 saturated heterocycles. The Hall–Kier alpha value is -0.870. The molecule has 1 aromatic carbocycles. The largest absolute Gasteiger partial charge is 0.294 e. The molecular formula is C19H34O3S. The van der Waals surface area contributed by atoms with E-state index >= 15 is 0 Å². The fraction of sp³-hybridized carbons (Fsp3) is 0.684. The van der Waals surface area contributed by atoms with Crippen LogP contribution in [0.15, 0.2) is 29.2 Å². The molecule has 1 aromatic rings. The molecular weight excluding hydrogens is 308 g/mol. The molecule has 0 fully saturated rings. The molecule has 0 aromatic heterocycles. The molecule has 4 heteroatoms. The quantitative estimate of drug-likeness (QED) is 0.408. The molecule has 0 unspecified atom stereocenters. The van der Waals surface area contributed by atoms with Crippen LogP contribution < -0.4 is 0 Å². The Balaban J connectivity index is 0.000000422. The van der Waals surface area contributed by atoms with E-state index in [1.54, 1.807) is 12.1 Å². The van der Waals surface area contributed by atoms with Crippen LogP contribution in [0.3, 0.4) is 0 Å². The zero-order valence-corrected chi connectivity index (χ0v) is 15.9. The summed E-state index contributed by atoms with van der Waals surface area (Å²) in [5, 5.41) is 0. The normalized spacial score (nSPS) is 11.0. The first-order valence-corrected chi connectivity index (χ1v) is 10.4. The number of unbranched alkanes of at least 4 members (excludes halogenated alkanes) is 9. The highest BCUT2D eigenvalue weighted by molar-refractivity contribution is 7.85. The van der Waals surface area contributed by atoms with E-state index in [0.717, 1.165) is 5.56 Å². The molecule has 0 spiro atoms. The molecule has 1 rings (SSSR count).